The van der Waals surface area contributed by atoms with E-state index in [9.17, 15) is 19.5 Å². The Kier molecular flexibility index (Phi) is 14.7. The Morgan fingerprint density at radius 2 is 1.50 bits per heavy atom. The van der Waals surface area contributed by atoms with E-state index in [0.29, 0.717) is 6.42 Å². The smallest absolute Gasteiger partial charge is 0.305 e. The molecular weight excluding hydrogens is 288 g/mol. The lowest BCUT2D eigenvalue weighted by Crippen LogP contribution is -2.42. The van der Waals surface area contributed by atoms with Crippen molar-refractivity contribution in [3.05, 3.63) is 0 Å². The third-order valence-electron chi connectivity index (χ3n) is 3.26. The van der Waals surface area contributed by atoms with Gasteiger partial charge in [-0.3, -0.25) is 9.59 Å². The lowest BCUT2D eigenvalue weighted by Gasteiger charge is -2.22. The second-order valence-electron chi connectivity index (χ2n) is 5.20. The molecule has 0 aromatic carbocycles. The first-order chi connectivity index (χ1) is 9.97. The minimum absolute atomic E-state index is 0. The van der Waals surface area contributed by atoms with E-state index < -0.39 is 18.5 Å². The number of rotatable bonds is 13. The molecule has 0 aromatic heterocycles. The summed E-state index contributed by atoms with van der Waals surface area (Å²) >= 11 is 0. The molecule has 0 spiro atoms. The lowest BCUT2D eigenvalue weighted by molar-refractivity contribution is -0.306. The molecule has 1 amide bonds. The molecule has 7 nitrogen and oxygen atoms in total. The van der Waals surface area contributed by atoms with Gasteiger partial charge in [0.1, 0.15) is 0 Å². The molecule has 0 saturated carbocycles. The molecule has 5 N–H and O–H groups in total. The minimum Gasteiger partial charge on any atom is -0.548 e. The normalized spacial score (nSPS) is 9.86. The number of amides is 1. The SMILES string of the molecule is CCCCCCCCCC(=O)N(CCC(=O)O)CC(=O)[O-].[NH4+]. The Balaban J connectivity index is 0. The van der Waals surface area contributed by atoms with Crippen LogP contribution in [0.2, 0.25) is 0 Å². The maximum atomic E-state index is 11.9. The van der Waals surface area contributed by atoms with Crippen LogP contribution in [0.15, 0.2) is 0 Å². The van der Waals surface area contributed by atoms with E-state index in [1.165, 1.54) is 19.3 Å². The summed E-state index contributed by atoms with van der Waals surface area (Å²) in [5.74, 6) is -2.73. The zero-order valence-electron chi connectivity index (χ0n) is 13.8. The number of aliphatic carboxylic acids is 2. The second-order valence-corrected chi connectivity index (χ2v) is 5.20. The fourth-order valence-electron chi connectivity index (χ4n) is 2.07. The maximum absolute atomic E-state index is 11.9. The van der Waals surface area contributed by atoms with E-state index in [4.69, 9.17) is 5.11 Å². The van der Waals surface area contributed by atoms with Crippen LogP contribution in [0.1, 0.15) is 64.7 Å². The van der Waals surface area contributed by atoms with Crippen molar-refractivity contribution in [1.29, 1.82) is 0 Å². The van der Waals surface area contributed by atoms with Crippen LogP contribution in [0.25, 0.3) is 0 Å². The Labute approximate surface area is 132 Å². The molecule has 0 radical (unpaired) electrons. The number of quaternary nitrogens is 1. The van der Waals surface area contributed by atoms with Gasteiger partial charge in [0.15, 0.2) is 0 Å². The molecule has 0 rings (SSSR count). The third-order valence-corrected chi connectivity index (χ3v) is 3.26. The van der Waals surface area contributed by atoms with Crippen LogP contribution in [0.3, 0.4) is 0 Å². The fraction of sp³-hybridized carbons (Fsp3) is 0.800. The molecule has 130 valence electrons. The number of carboxylic acid groups (broad SMARTS) is 2. The number of hydrogen-bond donors (Lipinski definition) is 2. The van der Waals surface area contributed by atoms with Gasteiger partial charge in [0.25, 0.3) is 0 Å². The zero-order valence-corrected chi connectivity index (χ0v) is 13.8. The van der Waals surface area contributed by atoms with Crippen molar-refractivity contribution in [2.45, 2.75) is 64.7 Å². The summed E-state index contributed by atoms with van der Waals surface area (Å²) in [4.78, 5) is 34.0. The van der Waals surface area contributed by atoms with E-state index in [1.807, 2.05) is 0 Å². The van der Waals surface area contributed by atoms with Crippen molar-refractivity contribution in [3.8, 4) is 0 Å². The van der Waals surface area contributed by atoms with Crippen molar-refractivity contribution < 1.29 is 24.6 Å². The van der Waals surface area contributed by atoms with Gasteiger partial charge in [-0.15, -0.1) is 0 Å². The Morgan fingerprint density at radius 1 is 0.955 bits per heavy atom. The molecule has 7 heteroatoms. The van der Waals surface area contributed by atoms with Crippen LogP contribution in [0.5, 0.6) is 0 Å². The molecule has 0 bridgehead atoms. The number of carbonyl (C=O) groups is 3. The predicted octanol–water partition coefficient (Wildman–Crippen LogP) is 1.56. The van der Waals surface area contributed by atoms with Crippen LogP contribution in [-0.4, -0.2) is 40.9 Å². The summed E-state index contributed by atoms with van der Waals surface area (Å²) in [5, 5.41) is 19.2. The van der Waals surface area contributed by atoms with Gasteiger partial charge in [0.05, 0.1) is 18.9 Å². The lowest BCUT2D eigenvalue weighted by atomic mass is 10.1. The first-order valence-electron chi connectivity index (χ1n) is 7.66. The van der Waals surface area contributed by atoms with Crippen molar-refractivity contribution in [2.75, 3.05) is 13.1 Å². The van der Waals surface area contributed by atoms with E-state index in [1.54, 1.807) is 0 Å². The van der Waals surface area contributed by atoms with E-state index in [0.717, 1.165) is 24.2 Å². The molecule has 0 saturated heterocycles. The Bertz CT molecular complexity index is 334. The number of carboxylic acids is 2. The summed E-state index contributed by atoms with van der Waals surface area (Å²) < 4.78 is 0. The topological polar surface area (TPSA) is 134 Å². The standard InChI is InChI=1S/C15H27NO5.H3N/c1-2-3-4-5-6-7-8-9-13(17)16(12-15(20)21)11-10-14(18)19;/h2-12H2,1H3,(H,18,19)(H,20,21);1H3. The van der Waals surface area contributed by atoms with Crippen LogP contribution in [-0.2, 0) is 14.4 Å². The van der Waals surface area contributed by atoms with Gasteiger partial charge in [-0.05, 0) is 6.42 Å². The zero-order chi connectivity index (χ0) is 16.1. The molecule has 0 aromatic rings. The molecule has 22 heavy (non-hydrogen) atoms. The molecular formula is C15H30N2O5. The van der Waals surface area contributed by atoms with Gasteiger partial charge in [-0.25, -0.2) is 0 Å². The van der Waals surface area contributed by atoms with E-state index in [2.05, 4.69) is 6.92 Å². The first-order valence-corrected chi connectivity index (χ1v) is 7.66. The molecule has 0 atom stereocenters. The number of unbranched alkanes of at least 4 members (excludes halogenated alkanes) is 6. The molecule has 0 aliphatic heterocycles. The minimum atomic E-state index is -1.37. The van der Waals surface area contributed by atoms with Gasteiger partial charge in [0, 0.05) is 13.0 Å². The molecule has 0 aliphatic carbocycles. The highest BCUT2D eigenvalue weighted by atomic mass is 16.4. The van der Waals surface area contributed by atoms with Gasteiger partial charge in [-0.1, -0.05) is 45.4 Å². The third kappa shape index (κ3) is 13.4. The van der Waals surface area contributed by atoms with Crippen LogP contribution in [0, 0.1) is 0 Å². The molecule has 0 unspecified atom stereocenters. The van der Waals surface area contributed by atoms with Gasteiger partial charge >= 0.3 is 5.97 Å². The van der Waals surface area contributed by atoms with Crippen LogP contribution >= 0.6 is 0 Å². The highest BCUT2D eigenvalue weighted by molar-refractivity contribution is 5.81. The highest BCUT2D eigenvalue weighted by Gasteiger charge is 2.14. The quantitative estimate of drug-likeness (QED) is 0.497. The summed E-state index contributed by atoms with van der Waals surface area (Å²) in [6, 6.07) is 0. The van der Waals surface area contributed by atoms with Gasteiger partial charge < -0.3 is 26.1 Å². The van der Waals surface area contributed by atoms with E-state index in [-0.39, 0.29) is 31.4 Å². The summed E-state index contributed by atoms with van der Waals surface area (Å²) in [6.45, 7) is 1.53. The average molecular weight is 318 g/mol. The molecule has 0 fully saturated rings. The predicted molar refractivity (Wildman–Crippen MR) is 82.4 cm³/mol. The first kappa shape index (κ1) is 22.6. The van der Waals surface area contributed by atoms with Crippen molar-refractivity contribution in [2.24, 2.45) is 0 Å². The summed E-state index contributed by atoms with van der Waals surface area (Å²) in [6.07, 6.45) is 7.52. The van der Waals surface area contributed by atoms with Crippen LogP contribution < -0.4 is 11.3 Å². The molecule has 0 heterocycles. The summed E-state index contributed by atoms with van der Waals surface area (Å²) in [5.41, 5.74) is 0. The summed E-state index contributed by atoms with van der Waals surface area (Å²) in [7, 11) is 0. The number of nitrogens with zero attached hydrogens (tertiary/aromatic N) is 1. The van der Waals surface area contributed by atoms with Crippen LogP contribution in [0.4, 0.5) is 0 Å². The monoisotopic (exact) mass is 318 g/mol. The van der Waals surface area contributed by atoms with Crippen molar-refractivity contribution in [3.63, 3.8) is 0 Å². The fourth-order valence-corrected chi connectivity index (χ4v) is 2.07. The van der Waals surface area contributed by atoms with E-state index >= 15 is 0 Å². The largest absolute Gasteiger partial charge is 0.548 e. The number of hydrogen-bond acceptors (Lipinski definition) is 4. The highest BCUT2D eigenvalue weighted by Crippen LogP contribution is 2.09. The Morgan fingerprint density at radius 3 is 2.00 bits per heavy atom. The van der Waals surface area contributed by atoms with Crippen molar-refractivity contribution in [1.82, 2.24) is 11.1 Å². The maximum Gasteiger partial charge on any atom is 0.305 e. The van der Waals surface area contributed by atoms with Gasteiger partial charge in [-0.2, -0.15) is 0 Å². The Hall–Kier alpha value is -1.63. The average Bonchev–Trinajstić information content (AvgIpc) is 2.41. The molecule has 0 aliphatic rings. The van der Waals surface area contributed by atoms with Crippen molar-refractivity contribution >= 4 is 17.8 Å². The second kappa shape index (κ2) is 14.3. The number of carbonyl (C=O) groups excluding carboxylic acids is 2. The van der Waals surface area contributed by atoms with Gasteiger partial charge in [0.2, 0.25) is 5.91 Å².